The van der Waals surface area contributed by atoms with Crippen LogP contribution >= 0.6 is 0 Å². The Morgan fingerprint density at radius 3 is 3.06 bits per heavy atom. The highest BCUT2D eigenvalue weighted by atomic mass is 16.5. The zero-order valence-corrected chi connectivity index (χ0v) is 10.1. The monoisotopic (exact) mass is 224 g/mol. The van der Waals surface area contributed by atoms with E-state index in [-0.39, 0.29) is 0 Å². The van der Waals surface area contributed by atoms with Crippen molar-refractivity contribution in [3.05, 3.63) is 11.6 Å². The van der Waals surface area contributed by atoms with Gasteiger partial charge in [0.05, 0.1) is 0 Å². The fraction of sp³-hybridized carbons (Fsp3) is 0.818. The largest absolute Gasteiger partial charge is 0.385 e. The van der Waals surface area contributed by atoms with E-state index in [1.54, 1.807) is 7.11 Å². The van der Waals surface area contributed by atoms with Gasteiger partial charge in [0, 0.05) is 32.7 Å². The molecule has 2 rings (SSSR count). The van der Waals surface area contributed by atoms with Crippen LogP contribution < -0.4 is 5.32 Å². The van der Waals surface area contributed by atoms with Gasteiger partial charge in [-0.2, -0.15) is 0 Å². The normalized spacial score (nSPS) is 20.5. The van der Waals surface area contributed by atoms with Gasteiger partial charge in [-0.1, -0.05) is 0 Å². The summed E-state index contributed by atoms with van der Waals surface area (Å²) in [5.41, 5.74) is 0. The summed E-state index contributed by atoms with van der Waals surface area (Å²) in [6.07, 6.45) is 2.19. The maximum absolute atomic E-state index is 5.08. The lowest BCUT2D eigenvalue weighted by atomic mass is 10.1. The highest BCUT2D eigenvalue weighted by Crippen LogP contribution is 2.21. The predicted molar refractivity (Wildman–Crippen MR) is 61.5 cm³/mol. The Morgan fingerprint density at radius 1 is 1.50 bits per heavy atom. The molecule has 1 aromatic rings. The van der Waals surface area contributed by atoms with E-state index < -0.39 is 0 Å². The van der Waals surface area contributed by atoms with E-state index in [1.165, 1.54) is 6.42 Å². The Bertz CT molecular complexity index is 331. The third kappa shape index (κ3) is 2.41. The summed E-state index contributed by atoms with van der Waals surface area (Å²) in [4.78, 5) is 0. The summed E-state index contributed by atoms with van der Waals surface area (Å²) < 4.78 is 7.31. The number of nitrogens with one attached hydrogen (secondary N) is 1. The van der Waals surface area contributed by atoms with Gasteiger partial charge in [0.2, 0.25) is 0 Å². The minimum atomic E-state index is 0.531. The molecule has 1 saturated heterocycles. The molecular formula is C11H20N4O. The smallest absolute Gasteiger partial charge is 0.137 e. The lowest BCUT2D eigenvalue weighted by molar-refractivity contribution is 0.189. The molecule has 0 aromatic carbocycles. The summed E-state index contributed by atoms with van der Waals surface area (Å²) in [6, 6.07) is 0. The molecule has 16 heavy (non-hydrogen) atoms. The molecule has 5 nitrogen and oxygen atoms in total. The van der Waals surface area contributed by atoms with Crippen LogP contribution in [-0.4, -0.2) is 41.6 Å². The average molecular weight is 224 g/mol. The van der Waals surface area contributed by atoms with E-state index in [9.17, 15) is 0 Å². The van der Waals surface area contributed by atoms with Gasteiger partial charge in [-0.3, -0.25) is 0 Å². The molecule has 1 N–H and O–H groups in total. The van der Waals surface area contributed by atoms with Gasteiger partial charge < -0.3 is 14.6 Å². The number of nitrogens with zero attached hydrogens (tertiary/aromatic N) is 3. The van der Waals surface area contributed by atoms with Crippen molar-refractivity contribution in [3.63, 3.8) is 0 Å². The Balaban J connectivity index is 2.05. The number of aromatic nitrogens is 3. The van der Waals surface area contributed by atoms with Crippen molar-refractivity contribution in [2.75, 3.05) is 26.8 Å². The second-order valence-corrected chi connectivity index (χ2v) is 4.29. The fourth-order valence-electron chi connectivity index (χ4n) is 2.22. The molecular weight excluding hydrogens is 204 g/mol. The van der Waals surface area contributed by atoms with E-state index in [4.69, 9.17) is 4.74 Å². The first-order valence-electron chi connectivity index (χ1n) is 5.92. The van der Waals surface area contributed by atoms with E-state index in [0.717, 1.165) is 44.3 Å². The lowest BCUT2D eigenvalue weighted by Gasteiger charge is -2.12. The van der Waals surface area contributed by atoms with E-state index in [2.05, 4.69) is 20.1 Å². The Morgan fingerprint density at radius 2 is 2.38 bits per heavy atom. The molecule has 1 fully saturated rings. The van der Waals surface area contributed by atoms with Crippen LogP contribution in [0.5, 0.6) is 0 Å². The number of ether oxygens (including phenoxy) is 1. The zero-order valence-electron chi connectivity index (χ0n) is 10.1. The second-order valence-electron chi connectivity index (χ2n) is 4.29. The maximum atomic E-state index is 5.08. The van der Waals surface area contributed by atoms with Crippen LogP contribution in [0, 0.1) is 6.92 Å². The third-order valence-electron chi connectivity index (χ3n) is 3.12. The molecule has 1 aromatic heterocycles. The standard InChI is InChI=1S/C11H20N4O/c1-9-13-14-11(10-4-5-12-8-10)15(9)6-3-7-16-2/h10,12H,3-8H2,1-2H3. The number of rotatable bonds is 5. The molecule has 1 aliphatic heterocycles. The van der Waals surface area contributed by atoms with Crippen LogP contribution in [0.25, 0.3) is 0 Å². The minimum absolute atomic E-state index is 0.531. The Labute approximate surface area is 96.2 Å². The van der Waals surface area contributed by atoms with E-state index in [1.807, 2.05) is 6.92 Å². The first kappa shape index (κ1) is 11.5. The topological polar surface area (TPSA) is 52.0 Å². The SMILES string of the molecule is COCCCn1c(C)nnc1C1CCNC1. The number of hydrogen-bond donors (Lipinski definition) is 1. The van der Waals surface area contributed by atoms with Crippen molar-refractivity contribution >= 4 is 0 Å². The predicted octanol–water partition coefficient (Wildman–Crippen LogP) is 0.700. The number of aryl methyl sites for hydroxylation is 1. The molecule has 0 aliphatic carbocycles. The van der Waals surface area contributed by atoms with Gasteiger partial charge >= 0.3 is 0 Å². The van der Waals surface area contributed by atoms with Crippen molar-refractivity contribution in [1.29, 1.82) is 0 Å². The fourth-order valence-corrected chi connectivity index (χ4v) is 2.22. The summed E-state index contributed by atoms with van der Waals surface area (Å²) in [5, 5.41) is 11.9. The zero-order chi connectivity index (χ0) is 11.4. The molecule has 1 unspecified atom stereocenters. The number of methoxy groups -OCH3 is 1. The summed E-state index contributed by atoms with van der Waals surface area (Å²) in [5.74, 6) is 2.68. The number of hydrogen-bond acceptors (Lipinski definition) is 4. The summed E-state index contributed by atoms with van der Waals surface area (Å²) in [6.45, 7) is 5.89. The Kier molecular flexibility index (Phi) is 3.90. The van der Waals surface area contributed by atoms with Crippen LogP contribution in [0.15, 0.2) is 0 Å². The van der Waals surface area contributed by atoms with Crippen LogP contribution in [0.2, 0.25) is 0 Å². The van der Waals surface area contributed by atoms with Crippen LogP contribution in [-0.2, 0) is 11.3 Å². The van der Waals surface area contributed by atoms with Crippen molar-refractivity contribution in [2.45, 2.75) is 32.2 Å². The summed E-state index contributed by atoms with van der Waals surface area (Å²) >= 11 is 0. The lowest BCUT2D eigenvalue weighted by Crippen LogP contribution is -2.14. The molecule has 0 radical (unpaired) electrons. The minimum Gasteiger partial charge on any atom is -0.385 e. The average Bonchev–Trinajstić information content (AvgIpc) is 2.89. The van der Waals surface area contributed by atoms with Gasteiger partial charge in [0.15, 0.2) is 0 Å². The van der Waals surface area contributed by atoms with Gasteiger partial charge in [0.25, 0.3) is 0 Å². The second kappa shape index (κ2) is 5.41. The Hall–Kier alpha value is -0.940. The van der Waals surface area contributed by atoms with E-state index in [0.29, 0.717) is 5.92 Å². The molecule has 90 valence electrons. The molecule has 1 aliphatic rings. The van der Waals surface area contributed by atoms with E-state index >= 15 is 0 Å². The first-order chi connectivity index (χ1) is 7.83. The van der Waals surface area contributed by atoms with Crippen LogP contribution in [0.4, 0.5) is 0 Å². The van der Waals surface area contributed by atoms with Gasteiger partial charge in [-0.05, 0) is 26.3 Å². The van der Waals surface area contributed by atoms with Crippen molar-refractivity contribution < 1.29 is 4.74 Å². The molecule has 0 amide bonds. The highest BCUT2D eigenvalue weighted by Gasteiger charge is 2.22. The van der Waals surface area contributed by atoms with Gasteiger partial charge in [-0.15, -0.1) is 10.2 Å². The molecule has 0 bridgehead atoms. The quantitative estimate of drug-likeness (QED) is 0.748. The van der Waals surface area contributed by atoms with Gasteiger partial charge in [-0.25, -0.2) is 0 Å². The molecule has 0 spiro atoms. The molecule has 1 atom stereocenters. The maximum Gasteiger partial charge on any atom is 0.137 e. The van der Waals surface area contributed by atoms with Gasteiger partial charge in [0.1, 0.15) is 11.6 Å². The van der Waals surface area contributed by atoms with Crippen molar-refractivity contribution in [2.24, 2.45) is 0 Å². The van der Waals surface area contributed by atoms with Crippen molar-refractivity contribution in [1.82, 2.24) is 20.1 Å². The first-order valence-corrected chi connectivity index (χ1v) is 5.92. The van der Waals surface area contributed by atoms with Crippen LogP contribution in [0.1, 0.15) is 30.4 Å². The molecule has 5 heteroatoms. The molecule has 0 saturated carbocycles. The van der Waals surface area contributed by atoms with Crippen LogP contribution in [0.3, 0.4) is 0 Å². The van der Waals surface area contributed by atoms with Crippen molar-refractivity contribution in [3.8, 4) is 0 Å². The summed E-state index contributed by atoms with van der Waals surface area (Å²) in [7, 11) is 1.74. The highest BCUT2D eigenvalue weighted by molar-refractivity contribution is 5.04. The molecule has 2 heterocycles. The third-order valence-corrected chi connectivity index (χ3v) is 3.12.